The molecule has 23 heavy (non-hydrogen) atoms. The average molecular weight is 305 g/mol. The highest BCUT2D eigenvalue weighted by atomic mass is 16.2. The number of carbonyl (C=O) groups is 2. The Kier molecular flexibility index (Phi) is 2.39. The number of aromatic nitrogens is 2. The van der Waals surface area contributed by atoms with Crippen LogP contribution in [0.25, 0.3) is 10.9 Å². The van der Waals surface area contributed by atoms with Gasteiger partial charge in [0.15, 0.2) is 0 Å². The molecule has 1 aromatic carbocycles. The van der Waals surface area contributed by atoms with E-state index in [1.54, 1.807) is 6.20 Å². The Balaban J connectivity index is 1.60. The number of allylic oxidation sites excluding steroid dienone is 2. The number of rotatable bonds is 1. The standard InChI is InChI=1S/C18H15N3O2/c1-9-19-8-12-4-5-13(7-14(12)20-9)21-17(22)15-10-2-3-11(6-10)16(15)18(21)23/h2-5,7-8,10-11,15-16H,6H2,1H3. The van der Waals surface area contributed by atoms with Crippen molar-refractivity contribution in [2.75, 3.05) is 4.90 Å². The number of carbonyl (C=O) groups excluding carboxylic acids is 2. The molecule has 0 radical (unpaired) electrons. The van der Waals surface area contributed by atoms with Crippen molar-refractivity contribution in [3.05, 3.63) is 42.4 Å². The molecule has 1 saturated heterocycles. The van der Waals surface area contributed by atoms with Gasteiger partial charge in [0, 0.05) is 11.6 Å². The van der Waals surface area contributed by atoms with Crippen LogP contribution in [0.3, 0.4) is 0 Å². The Morgan fingerprint density at radius 2 is 1.78 bits per heavy atom. The zero-order chi connectivity index (χ0) is 15.7. The number of hydrogen-bond acceptors (Lipinski definition) is 4. The molecular formula is C18H15N3O2. The minimum Gasteiger partial charge on any atom is -0.274 e. The van der Waals surface area contributed by atoms with E-state index in [1.807, 2.05) is 25.1 Å². The minimum absolute atomic E-state index is 0.0537. The van der Waals surface area contributed by atoms with Gasteiger partial charge < -0.3 is 0 Å². The van der Waals surface area contributed by atoms with Gasteiger partial charge in [0.05, 0.1) is 23.0 Å². The minimum atomic E-state index is -0.166. The van der Waals surface area contributed by atoms with E-state index in [1.165, 1.54) is 4.90 Å². The second kappa shape index (κ2) is 4.25. The zero-order valence-corrected chi connectivity index (χ0v) is 12.6. The number of amides is 2. The van der Waals surface area contributed by atoms with Crippen molar-refractivity contribution in [1.82, 2.24) is 9.97 Å². The highest BCUT2D eigenvalue weighted by Gasteiger charge is 2.59. The van der Waals surface area contributed by atoms with E-state index in [-0.39, 0.29) is 35.5 Å². The number of anilines is 1. The van der Waals surface area contributed by atoms with E-state index in [0.29, 0.717) is 11.5 Å². The van der Waals surface area contributed by atoms with Crippen molar-refractivity contribution in [2.24, 2.45) is 23.7 Å². The van der Waals surface area contributed by atoms with Crippen LogP contribution in [0.1, 0.15) is 12.2 Å². The molecule has 114 valence electrons. The van der Waals surface area contributed by atoms with Gasteiger partial charge in [-0.15, -0.1) is 0 Å². The average Bonchev–Trinajstić information content (AvgIpc) is 3.21. The lowest BCUT2D eigenvalue weighted by atomic mass is 9.85. The largest absolute Gasteiger partial charge is 0.274 e. The van der Waals surface area contributed by atoms with Crippen LogP contribution < -0.4 is 4.90 Å². The Labute approximate surface area is 133 Å². The first-order chi connectivity index (χ1) is 11.1. The van der Waals surface area contributed by atoms with Crippen molar-refractivity contribution < 1.29 is 9.59 Å². The van der Waals surface area contributed by atoms with Gasteiger partial charge in [-0.3, -0.25) is 9.59 Å². The quantitative estimate of drug-likeness (QED) is 0.599. The van der Waals surface area contributed by atoms with Gasteiger partial charge in [-0.05, 0) is 43.4 Å². The molecule has 5 heteroatoms. The SMILES string of the molecule is Cc1ncc2ccc(N3C(=O)C4C5C=CC(C5)C4C3=O)cc2n1. The topological polar surface area (TPSA) is 63.2 Å². The third kappa shape index (κ3) is 1.62. The summed E-state index contributed by atoms with van der Waals surface area (Å²) < 4.78 is 0. The van der Waals surface area contributed by atoms with E-state index in [4.69, 9.17) is 0 Å². The molecule has 2 fully saturated rings. The fourth-order valence-corrected chi connectivity index (χ4v) is 4.40. The maximum absolute atomic E-state index is 12.8. The Morgan fingerprint density at radius 3 is 2.48 bits per heavy atom. The van der Waals surface area contributed by atoms with Crippen LogP contribution in [0.4, 0.5) is 5.69 Å². The van der Waals surface area contributed by atoms with Gasteiger partial charge in [0.25, 0.3) is 0 Å². The van der Waals surface area contributed by atoms with Crippen LogP contribution >= 0.6 is 0 Å². The summed E-state index contributed by atoms with van der Waals surface area (Å²) in [4.78, 5) is 35.6. The van der Waals surface area contributed by atoms with E-state index >= 15 is 0 Å². The second-order valence-corrected chi connectivity index (χ2v) is 6.67. The zero-order valence-electron chi connectivity index (χ0n) is 12.6. The van der Waals surface area contributed by atoms with Gasteiger partial charge in [0.2, 0.25) is 11.8 Å². The van der Waals surface area contributed by atoms with Crippen molar-refractivity contribution in [3.8, 4) is 0 Å². The molecule has 2 aliphatic carbocycles. The van der Waals surface area contributed by atoms with Crippen molar-refractivity contribution in [1.29, 1.82) is 0 Å². The summed E-state index contributed by atoms with van der Waals surface area (Å²) in [6.45, 7) is 1.83. The first-order valence-corrected chi connectivity index (χ1v) is 7.93. The third-order valence-corrected chi connectivity index (χ3v) is 5.42. The van der Waals surface area contributed by atoms with Crippen LogP contribution in [-0.2, 0) is 9.59 Å². The first-order valence-electron chi connectivity index (χ1n) is 7.93. The molecule has 4 atom stereocenters. The number of benzene rings is 1. The monoisotopic (exact) mass is 305 g/mol. The fourth-order valence-electron chi connectivity index (χ4n) is 4.40. The van der Waals surface area contributed by atoms with Gasteiger partial charge in [-0.2, -0.15) is 0 Å². The fraction of sp³-hybridized carbons (Fsp3) is 0.333. The second-order valence-electron chi connectivity index (χ2n) is 6.67. The molecule has 2 aromatic rings. The smallest absolute Gasteiger partial charge is 0.238 e. The van der Waals surface area contributed by atoms with E-state index in [0.717, 1.165) is 17.3 Å². The summed E-state index contributed by atoms with van der Waals surface area (Å²) in [7, 11) is 0. The van der Waals surface area contributed by atoms with Crippen LogP contribution in [0.5, 0.6) is 0 Å². The lowest BCUT2D eigenvalue weighted by molar-refractivity contribution is -0.123. The van der Waals surface area contributed by atoms with E-state index in [2.05, 4.69) is 22.1 Å². The van der Waals surface area contributed by atoms with Crippen molar-refractivity contribution in [3.63, 3.8) is 0 Å². The normalized spacial score (nSPS) is 31.4. The number of fused-ring (bicyclic) bond motifs is 6. The molecule has 5 rings (SSSR count). The molecule has 2 heterocycles. The first kappa shape index (κ1) is 12.9. The summed E-state index contributed by atoms with van der Waals surface area (Å²) in [6, 6.07) is 5.50. The number of hydrogen-bond donors (Lipinski definition) is 0. The Bertz CT molecular complexity index is 874. The molecule has 1 aromatic heterocycles. The molecule has 5 nitrogen and oxygen atoms in total. The lowest BCUT2D eigenvalue weighted by Gasteiger charge is -2.17. The number of imide groups is 1. The molecular weight excluding hydrogens is 290 g/mol. The maximum atomic E-state index is 12.8. The lowest BCUT2D eigenvalue weighted by Crippen LogP contribution is -2.32. The molecule has 1 saturated carbocycles. The summed E-state index contributed by atoms with van der Waals surface area (Å²) in [5, 5.41) is 0.903. The summed E-state index contributed by atoms with van der Waals surface area (Å²) in [6.07, 6.45) is 6.92. The van der Waals surface area contributed by atoms with Crippen LogP contribution in [-0.4, -0.2) is 21.8 Å². The molecule has 1 aliphatic heterocycles. The molecule has 2 amide bonds. The van der Waals surface area contributed by atoms with Gasteiger partial charge in [-0.1, -0.05) is 12.2 Å². The molecule has 4 unspecified atom stereocenters. The molecule has 3 aliphatic rings. The Morgan fingerprint density at radius 1 is 1.09 bits per heavy atom. The molecule has 0 N–H and O–H groups in total. The summed E-state index contributed by atoms with van der Waals surface area (Å²) >= 11 is 0. The molecule has 2 bridgehead atoms. The molecule has 0 spiro atoms. The highest BCUT2D eigenvalue weighted by molar-refractivity contribution is 6.23. The van der Waals surface area contributed by atoms with Crippen LogP contribution in [0.15, 0.2) is 36.5 Å². The van der Waals surface area contributed by atoms with Crippen LogP contribution in [0, 0.1) is 30.6 Å². The predicted octanol–water partition coefficient (Wildman–Crippen LogP) is 2.25. The number of nitrogens with zero attached hydrogens (tertiary/aromatic N) is 3. The van der Waals surface area contributed by atoms with Gasteiger partial charge >= 0.3 is 0 Å². The van der Waals surface area contributed by atoms with E-state index < -0.39 is 0 Å². The van der Waals surface area contributed by atoms with Gasteiger partial charge in [-0.25, -0.2) is 14.9 Å². The van der Waals surface area contributed by atoms with Crippen molar-refractivity contribution >= 4 is 28.4 Å². The third-order valence-electron chi connectivity index (χ3n) is 5.42. The number of aryl methyl sites for hydroxylation is 1. The van der Waals surface area contributed by atoms with Crippen molar-refractivity contribution in [2.45, 2.75) is 13.3 Å². The Hall–Kier alpha value is -2.56. The van der Waals surface area contributed by atoms with Crippen LogP contribution in [0.2, 0.25) is 0 Å². The predicted molar refractivity (Wildman–Crippen MR) is 84.5 cm³/mol. The van der Waals surface area contributed by atoms with E-state index in [9.17, 15) is 9.59 Å². The van der Waals surface area contributed by atoms with Gasteiger partial charge in [0.1, 0.15) is 5.82 Å². The summed E-state index contributed by atoms with van der Waals surface area (Å²) in [5.74, 6) is 0.699. The summed E-state index contributed by atoms with van der Waals surface area (Å²) in [5.41, 5.74) is 1.38. The highest BCUT2D eigenvalue weighted by Crippen LogP contribution is 2.53. The maximum Gasteiger partial charge on any atom is 0.238 e.